The van der Waals surface area contributed by atoms with Crippen molar-refractivity contribution < 1.29 is 178 Å². The quantitative estimate of drug-likeness (QED) is 0.219. The van der Waals surface area contributed by atoms with Crippen molar-refractivity contribution in [2.75, 3.05) is 0 Å². The van der Waals surface area contributed by atoms with Crippen LogP contribution >= 0.6 is 0 Å². The van der Waals surface area contributed by atoms with Crippen LogP contribution in [0.25, 0.3) is 0 Å². The molecule has 0 saturated carbocycles. The van der Waals surface area contributed by atoms with Gasteiger partial charge in [0.25, 0.3) is 0 Å². The molecular formula is H10AlCeCrGeHfNbSiTaTiZr. The minimum atomic E-state index is 0. The van der Waals surface area contributed by atoms with Gasteiger partial charge in [-0.1, -0.05) is 0 Å². The van der Waals surface area contributed by atoms with Crippen molar-refractivity contribution in [3.63, 3.8) is 0 Å². The van der Waals surface area contributed by atoms with Crippen molar-refractivity contribution in [3.8, 4) is 0 Å². The summed E-state index contributed by atoms with van der Waals surface area (Å²) in [5.41, 5.74) is 0. The van der Waals surface area contributed by atoms with Gasteiger partial charge in [-0.15, -0.1) is 0 Å². The van der Waals surface area contributed by atoms with Gasteiger partial charge < -0.3 is 0 Å². The molecule has 0 unspecified atom stereocenters. The maximum atomic E-state index is 0. The zero-order valence-corrected chi connectivity index (χ0v) is 23.7. The summed E-state index contributed by atoms with van der Waals surface area (Å²) in [7, 11) is 0. The molecule has 0 saturated heterocycles. The Morgan fingerprint density at radius 3 is 1.00 bits per heavy atom. The molecule has 0 spiro atoms. The van der Waals surface area contributed by atoms with Gasteiger partial charge in [-0.2, -0.15) is 0 Å². The van der Waals surface area contributed by atoms with Crippen molar-refractivity contribution >= 4 is 45.9 Å². The van der Waals surface area contributed by atoms with Crippen LogP contribution in [0.4, 0.5) is 0 Å². The predicted octanol–water partition coefficient (Wildman–Crippen LogP) is -3.83. The SMILES string of the molecule is [AlH3].[Ce].[Cr].[GeH4].[Hf].[Nb].[SiH3].[Ta].[Ti].[Zr]. The van der Waals surface area contributed by atoms with Gasteiger partial charge in [-0.05, 0) is 11.0 Å². The van der Waals surface area contributed by atoms with Crippen molar-refractivity contribution in [2.45, 2.75) is 0 Å². The van der Waals surface area contributed by atoms with Crippen LogP contribution in [-0.4, -0.2) is 45.9 Å². The second-order valence-electron chi connectivity index (χ2n) is 0. The molecule has 0 bridgehead atoms. The molecule has 0 aliphatic heterocycles. The van der Waals surface area contributed by atoms with E-state index < -0.39 is 0 Å². The molecular weight excluding hydrogens is 911 g/mol. The molecule has 0 amide bonds. The second kappa shape index (κ2) is 72.5. The Labute approximate surface area is 217 Å². The maximum absolute atomic E-state index is 0. The van der Waals surface area contributed by atoms with Crippen LogP contribution in [0.15, 0.2) is 0 Å². The minimum absolute atomic E-state index is 0. The predicted molar refractivity (Wildman–Crippen MR) is 31.2 cm³/mol. The molecule has 0 heterocycles. The summed E-state index contributed by atoms with van der Waals surface area (Å²) in [6.45, 7) is 0. The molecule has 0 N–H and O–H groups in total. The van der Waals surface area contributed by atoms with Crippen LogP contribution in [0.1, 0.15) is 0 Å². The van der Waals surface area contributed by atoms with Gasteiger partial charge in [0, 0.05) is 178 Å². The van der Waals surface area contributed by atoms with E-state index in [1.807, 2.05) is 0 Å². The summed E-state index contributed by atoms with van der Waals surface area (Å²) in [6.07, 6.45) is 0. The molecule has 0 aliphatic rings. The zero-order chi connectivity index (χ0) is 0. The molecule has 0 aromatic rings. The summed E-state index contributed by atoms with van der Waals surface area (Å²) < 4.78 is 0. The van der Waals surface area contributed by atoms with E-state index in [1.165, 1.54) is 0 Å². The van der Waals surface area contributed by atoms with E-state index >= 15 is 0 Å². The molecule has 10 heteroatoms. The molecule has 10 heavy (non-hydrogen) atoms. The van der Waals surface area contributed by atoms with Crippen molar-refractivity contribution in [1.29, 1.82) is 0 Å². The molecule has 0 aromatic heterocycles. The van der Waals surface area contributed by atoms with E-state index in [2.05, 4.69) is 0 Å². The Morgan fingerprint density at radius 2 is 1.00 bits per heavy atom. The molecule has 0 atom stereocenters. The first-order valence-corrected chi connectivity index (χ1v) is 0. The molecule has 3 radical (unpaired) electrons. The summed E-state index contributed by atoms with van der Waals surface area (Å²) in [6, 6.07) is 0. The van der Waals surface area contributed by atoms with Crippen LogP contribution < -0.4 is 0 Å². The molecule has 0 aliphatic carbocycles. The topological polar surface area (TPSA) is 0 Å². The van der Waals surface area contributed by atoms with Crippen LogP contribution in [-0.2, 0) is 136 Å². The minimum Gasteiger partial charge on any atom is -0.0125 e. The standard InChI is InChI=1S/Al.Ce.Cr.GeH4.Hf.Nb.H3Si.Ta.Ti.Zr.3H/h;;;1H4;;;1H3;;;;;;. The van der Waals surface area contributed by atoms with Crippen molar-refractivity contribution in [1.82, 2.24) is 0 Å². The first-order chi connectivity index (χ1) is 0. The maximum Gasteiger partial charge on any atom is 0 e. The van der Waals surface area contributed by atoms with Crippen LogP contribution in [0.5, 0.6) is 0 Å². The van der Waals surface area contributed by atoms with Crippen LogP contribution in [0.2, 0.25) is 0 Å². The van der Waals surface area contributed by atoms with Gasteiger partial charge in [0.05, 0.1) is 0 Å². The molecule has 0 nitrogen and oxygen atoms in total. The smallest absolute Gasteiger partial charge is 0 e. The fourth-order valence-corrected chi connectivity index (χ4v) is 0. The first-order valence-electron chi connectivity index (χ1n) is 0. The van der Waals surface area contributed by atoms with Gasteiger partial charge in [-0.25, -0.2) is 0 Å². The Hall–Kier alpha value is 7.15. The monoisotopic (exact) mass is 922 g/mol. The Kier molecular flexibility index (Phi) is 635. The van der Waals surface area contributed by atoms with Gasteiger partial charge >= 0.3 is 17.6 Å². The second-order valence-corrected chi connectivity index (χ2v) is 0. The number of rotatable bonds is 0. The molecule has 0 fully saturated rings. The number of hydrogen-bond donors (Lipinski definition) is 0. The summed E-state index contributed by atoms with van der Waals surface area (Å²) >= 11 is 0. The average molecular weight is 921 g/mol. The van der Waals surface area contributed by atoms with Crippen LogP contribution in [0, 0.1) is 41.7 Å². The van der Waals surface area contributed by atoms with E-state index in [0.29, 0.717) is 0 Å². The fraction of sp³-hybridized carbons (Fsp3) is 0. The van der Waals surface area contributed by atoms with E-state index in [-0.39, 0.29) is 224 Å². The average Bonchev–Trinajstić information content (AvgIpc) is 0. The van der Waals surface area contributed by atoms with Gasteiger partial charge in [0.2, 0.25) is 0 Å². The molecule has 53 valence electrons. The zero-order valence-electron chi connectivity index (χ0n) is 4.30. The summed E-state index contributed by atoms with van der Waals surface area (Å²) in [4.78, 5) is 0. The van der Waals surface area contributed by atoms with E-state index in [9.17, 15) is 0 Å². The fourth-order valence-electron chi connectivity index (χ4n) is 0. The normalized spacial score (nSPS) is 0. The first kappa shape index (κ1) is 87.5. The molecule has 0 aromatic carbocycles. The Morgan fingerprint density at radius 1 is 1.00 bits per heavy atom. The van der Waals surface area contributed by atoms with E-state index in [1.54, 1.807) is 0 Å². The van der Waals surface area contributed by atoms with Gasteiger partial charge in [0.1, 0.15) is 0 Å². The van der Waals surface area contributed by atoms with Crippen LogP contribution in [0.3, 0.4) is 0 Å². The summed E-state index contributed by atoms with van der Waals surface area (Å²) in [5.74, 6) is 0. The molecule has 0 rings (SSSR count). The third kappa shape index (κ3) is 59.3. The number of hydrogen-bond acceptors (Lipinski definition) is 0. The largest absolute Gasteiger partial charge is 0.0125 e. The third-order valence-electron chi connectivity index (χ3n) is 0. The Balaban J connectivity index is 0. The summed E-state index contributed by atoms with van der Waals surface area (Å²) in [5, 5.41) is 0. The van der Waals surface area contributed by atoms with E-state index in [0.717, 1.165) is 0 Å². The van der Waals surface area contributed by atoms with E-state index in [4.69, 9.17) is 0 Å². The van der Waals surface area contributed by atoms with Crippen molar-refractivity contribution in [3.05, 3.63) is 0 Å². The van der Waals surface area contributed by atoms with Gasteiger partial charge in [0.15, 0.2) is 17.4 Å². The third-order valence-corrected chi connectivity index (χ3v) is 0. The van der Waals surface area contributed by atoms with Crippen molar-refractivity contribution in [2.24, 2.45) is 0 Å². The Bertz CT molecular complexity index is 33.2. The van der Waals surface area contributed by atoms with Gasteiger partial charge in [-0.3, -0.25) is 0 Å².